The maximum Gasteiger partial charge on any atom is 0.150 e. The summed E-state index contributed by atoms with van der Waals surface area (Å²) in [5, 5.41) is 9.07. The number of rotatable bonds is 4. The van der Waals surface area contributed by atoms with Gasteiger partial charge in [0.15, 0.2) is 0 Å². The number of aliphatic hydroxyl groups is 1. The lowest BCUT2D eigenvalue weighted by molar-refractivity contribution is -0.0333. The first-order chi connectivity index (χ1) is 8.31. The average molecular weight is 252 g/mol. The highest BCUT2D eigenvalue weighted by atomic mass is 32.2. The molecule has 0 amide bonds. The van der Waals surface area contributed by atoms with Gasteiger partial charge < -0.3 is 9.84 Å². The van der Waals surface area contributed by atoms with Gasteiger partial charge in [0, 0.05) is 10.5 Å². The number of hydrogen-bond donors (Lipinski definition) is 1. The minimum absolute atomic E-state index is 0.0181. The van der Waals surface area contributed by atoms with Crippen LogP contribution in [0.25, 0.3) is 0 Å². The largest absolute Gasteiger partial charge is 0.394 e. The van der Waals surface area contributed by atoms with Crippen LogP contribution in [0.2, 0.25) is 0 Å². The van der Waals surface area contributed by atoms with Crippen molar-refractivity contribution < 1.29 is 14.6 Å². The second kappa shape index (κ2) is 6.19. The van der Waals surface area contributed by atoms with Gasteiger partial charge >= 0.3 is 0 Å². The van der Waals surface area contributed by atoms with E-state index in [2.05, 4.69) is 0 Å². The molecule has 0 radical (unpaired) electrons. The molecule has 0 aromatic heterocycles. The number of aldehydes is 1. The first kappa shape index (κ1) is 12.6. The molecule has 17 heavy (non-hydrogen) atoms. The monoisotopic (exact) mass is 252 g/mol. The minimum atomic E-state index is -0.0181. The fourth-order valence-electron chi connectivity index (χ4n) is 1.86. The van der Waals surface area contributed by atoms with E-state index in [0.29, 0.717) is 5.56 Å². The van der Waals surface area contributed by atoms with Crippen molar-refractivity contribution in [3.63, 3.8) is 0 Å². The molecular weight excluding hydrogens is 236 g/mol. The van der Waals surface area contributed by atoms with Gasteiger partial charge in [-0.25, -0.2) is 0 Å². The molecule has 0 bridgehead atoms. The molecule has 1 saturated heterocycles. The van der Waals surface area contributed by atoms with Gasteiger partial charge in [0.1, 0.15) is 11.7 Å². The molecule has 2 atom stereocenters. The van der Waals surface area contributed by atoms with Crippen LogP contribution < -0.4 is 0 Å². The Morgan fingerprint density at radius 3 is 2.76 bits per heavy atom. The fraction of sp³-hybridized carbons (Fsp3) is 0.462. The highest BCUT2D eigenvalue weighted by Crippen LogP contribution is 2.32. The topological polar surface area (TPSA) is 46.5 Å². The first-order valence-corrected chi connectivity index (χ1v) is 6.68. The molecule has 1 aliphatic heterocycles. The van der Waals surface area contributed by atoms with E-state index < -0.39 is 0 Å². The predicted octanol–water partition coefficient (Wildman–Crippen LogP) is 2.48. The number of carbonyl (C=O) groups excluding carboxylic acids is 1. The second-order valence-corrected chi connectivity index (χ2v) is 5.34. The zero-order valence-electron chi connectivity index (χ0n) is 9.54. The molecule has 1 aromatic rings. The van der Waals surface area contributed by atoms with E-state index >= 15 is 0 Å². The Labute approximate surface area is 105 Å². The standard InChI is InChI=1S/C13H16O3S/c14-8-10-4-6-12(7-5-10)17-13-3-1-2-11(9-15)16-13/h4-8,11,13,15H,1-3,9H2. The lowest BCUT2D eigenvalue weighted by Gasteiger charge is -2.28. The summed E-state index contributed by atoms with van der Waals surface area (Å²) in [7, 11) is 0. The van der Waals surface area contributed by atoms with Gasteiger partial charge in [-0.2, -0.15) is 0 Å². The van der Waals surface area contributed by atoms with Crippen LogP contribution in [0, 0.1) is 0 Å². The van der Waals surface area contributed by atoms with E-state index in [0.717, 1.165) is 30.4 Å². The molecule has 3 nitrogen and oxygen atoms in total. The smallest absolute Gasteiger partial charge is 0.150 e. The Hall–Kier alpha value is -0.840. The Bertz CT molecular complexity index is 363. The van der Waals surface area contributed by atoms with Crippen LogP contribution in [0.3, 0.4) is 0 Å². The normalized spacial score (nSPS) is 24.5. The predicted molar refractivity (Wildman–Crippen MR) is 67.3 cm³/mol. The molecule has 92 valence electrons. The zero-order valence-corrected chi connectivity index (χ0v) is 10.4. The van der Waals surface area contributed by atoms with Crippen molar-refractivity contribution in [2.45, 2.75) is 35.7 Å². The lowest BCUT2D eigenvalue weighted by Crippen LogP contribution is -2.28. The van der Waals surface area contributed by atoms with E-state index in [1.807, 2.05) is 24.3 Å². The summed E-state index contributed by atoms with van der Waals surface area (Å²) in [5.74, 6) is 0. The van der Waals surface area contributed by atoms with Crippen molar-refractivity contribution in [2.24, 2.45) is 0 Å². The van der Waals surface area contributed by atoms with Gasteiger partial charge in [-0.05, 0) is 31.4 Å². The molecule has 1 heterocycles. The van der Waals surface area contributed by atoms with Gasteiger partial charge in [0.05, 0.1) is 12.7 Å². The summed E-state index contributed by atoms with van der Waals surface area (Å²) in [6, 6.07) is 7.48. The SMILES string of the molecule is O=Cc1ccc(SC2CCCC(CO)O2)cc1. The number of carbonyl (C=O) groups is 1. The van der Waals surface area contributed by atoms with Crippen molar-refractivity contribution in [1.29, 1.82) is 0 Å². The van der Waals surface area contributed by atoms with Crippen LogP contribution in [-0.4, -0.2) is 29.5 Å². The fourth-order valence-corrected chi connectivity index (χ4v) is 2.95. The number of aliphatic hydroxyl groups excluding tert-OH is 1. The zero-order chi connectivity index (χ0) is 12.1. The molecule has 4 heteroatoms. The molecule has 2 unspecified atom stereocenters. The maximum absolute atomic E-state index is 10.5. The molecule has 0 saturated carbocycles. The number of benzene rings is 1. The van der Waals surface area contributed by atoms with Gasteiger partial charge in [-0.15, -0.1) is 0 Å². The molecular formula is C13H16O3S. The summed E-state index contributed by atoms with van der Waals surface area (Å²) in [5.41, 5.74) is 0.801. The number of ether oxygens (including phenoxy) is 1. The van der Waals surface area contributed by atoms with Crippen molar-refractivity contribution in [3.8, 4) is 0 Å². The van der Waals surface area contributed by atoms with Crippen molar-refractivity contribution in [2.75, 3.05) is 6.61 Å². The Kier molecular flexibility index (Phi) is 4.59. The van der Waals surface area contributed by atoms with Gasteiger partial charge in [-0.3, -0.25) is 4.79 Å². The maximum atomic E-state index is 10.5. The Balaban J connectivity index is 1.92. The minimum Gasteiger partial charge on any atom is -0.394 e. The van der Waals surface area contributed by atoms with E-state index in [1.165, 1.54) is 0 Å². The molecule has 1 aliphatic rings. The van der Waals surface area contributed by atoms with Crippen molar-refractivity contribution >= 4 is 18.0 Å². The number of thioether (sulfide) groups is 1. The van der Waals surface area contributed by atoms with E-state index in [4.69, 9.17) is 9.84 Å². The average Bonchev–Trinajstić information content (AvgIpc) is 2.40. The van der Waals surface area contributed by atoms with E-state index in [1.54, 1.807) is 11.8 Å². The molecule has 1 aromatic carbocycles. The van der Waals surface area contributed by atoms with Crippen LogP contribution >= 0.6 is 11.8 Å². The molecule has 0 spiro atoms. The second-order valence-electron chi connectivity index (χ2n) is 4.11. The van der Waals surface area contributed by atoms with Crippen LogP contribution in [0.15, 0.2) is 29.2 Å². The van der Waals surface area contributed by atoms with Crippen LogP contribution in [-0.2, 0) is 4.74 Å². The van der Waals surface area contributed by atoms with Gasteiger partial charge in [-0.1, -0.05) is 23.9 Å². The Morgan fingerprint density at radius 2 is 2.12 bits per heavy atom. The third-order valence-corrected chi connectivity index (χ3v) is 3.95. The van der Waals surface area contributed by atoms with Crippen LogP contribution in [0.1, 0.15) is 29.6 Å². The third kappa shape index (κ3) is 3.56. The van der Waals surface area contributed by atoms with E-state index in [9.17, 15) is 4.79 Å². The van der Waals surface area contributed by atoms with Gasteiger partial charge in [0.2, 0.25) is 0 Å². The highest BCUT2D eigenvalue weighted by Gasteiger charge is 2.22. The molecule has 0 aliphatic carbocycles. The van der Waals surface area contributed by atoms with Crippen molar-refractivity contribution in [1.82, 2.24) is 0 Å². The molecule has 2 rings (SSSR count). The quantitative estimate of drug-likeness (QED) is 0.836. The van der Waals surface area contributed by atoms with E-state index in [-0.39, 0.29) is 18.1 Å². The highest BCUT2D eigenvalue weighted by molar-refractivity contribution is 7.99. The first-order valence-electron chi connectivity index (χ1n) is 5.80. The summed E-state index contributed by atoms with van der Waals surface area (Å²) >= 11 is 1.65. The molecule has 1 fully saturated rings. The molecule has 1 N–H and O–H groups in total. The summed E-state index contributed by atoms with van der Waals surface area (Å²) in [6.07, 6.45) is 3.87. The number of hydrogen-bond acceptors (Lipinski definition) is 4. The Morgan fingerprint density at radius 1 is 1.35 bits per heavy atom. The lowest BCUT2D eigenvalue weighted by atomic mass is 10.1. The summed E-state index contributed by atoms with van der Waals surface area (Å²) in [6.45, 7) is 0.0984. The van der Waals surface area contributed by atoms with Crippen LogP contribution in [0.5, 0.6) is 0 Å². The van der Waals surface area contributed by atoms with Crippen molar-refractivity contribution in [3.05, 3.63) is 29.8 Å². The third-order valence-electron chi connectivity index (χ3n) is 2.80. The van der Waals surface area contributed by atoms with Gasteiger partial charge in [0.25, 0.3) is 0 Å². The van der Waals surface area contributed by atoms with Crippen LogP contribution in [0.4, 0.5) is 0 Å². The summed E-state index contributed by atoms with van der Waals surface area (Å²) < 4.78 is 5.74. The summed E-state index contributed by atoms with van der Waals surface area (Å²) in [4.78, 5) is 11.6.